The first-order valence-corrected chi connectivity index (χ1v) is 8.80. The first-order chi connectivity index (χ1) is 11.8. The van der Waals surface area contributed by atoms with E-state index in [0.717, 1.165) is 21.1 Å². The van der Waals surface area contributed by atoms with Crippen molar-refractivity contribution in [2.45, 2.75) is 0 Å². The number of carboxylic acids is 1. The van der Waals surface area contributed by atoms with Crippen LogP contribution in [0.4, 0.5) is 0 Å². The topological polar surface area (TPSA) is 93.1 Å². The number of rotatable bonds is 6. The van der Waals surface area contributed by atoms with Crippen molar-refractivity contribution in [2.24, 2.45) is 0 Å². The van der Waals surface area contributed by atoms with Gasteiger partial charge in [0.05, 0.1) is 12.0 Å². The van der Waals surface area contributed by atoms with E-state index in [1.54, 1.807) is 24.3 Å². The number of halogens is 1. The fraction of sp³-hybridized carbons (Fsp3) is 0.200. The Morgan fingerprint density at radius 2 is 2.16 bits per heavy atom. The molecule has 0 aromatic heterocycles. The monoisotopic (exact) mass is 445 g/mol. The van der Waals surface area contributed by atoms with Gasteiger partial charge < -0.3 is 14.6 Å². The quantitative estimate of drug-likeness (QED) is 0.404. The normalized spacial score (nSPS) is 15.6. The number of esters is 1. The van der Waals surface area contributed by atoms with E-state index in [4.69, 9.17) is 22.1 Å². The Kier molecular flexibility index (Phi) is 6.57. The fourth-order valence-electron chi connectivity index (χ4n) is 1.87. The number of methoxy groups -OCH3 is 1. The molecule has 0 bridgehead atoms. The van der Waals surface area contributed by atoms with Gasteiger partial charge >= 0.3 is 11.9 Å². The van der Waals surface area contributed by atoms with Crippen LogP contribution in [0.1, 0.15) is 5.56 Å². The van der Waals surface area contributed by atoms with Gasteiger partial charge in [-0.05, 0) is 24.3 Å². The summed E-state index contributed by atoms with van der Waals surface area (Å²) < 4.78 is 10.7. The van der Waals surface area contributed by atoms with Crippen LogP contribution < -0.4 is 4.74 Å². The third-order valence-corrected chi connectivity index (χ3v) is 4.87. The minimum atomic E-state index is -1.11. The van der Waals surface area contributed by atoms with Crippen LogP contribution in [-0.4, -0.2) is 52.4 Å². The Bertz CT molecular complexity index is 779. The third-order valence-electron chi connectivity index (χ3n) is 3.00. The second kappa shape index (κ2) is 8.45. The Morgan fingerprint density at radius 3 is 2.80 bits per heavy atom. The van der Waals surface area contributed by atoms with Gasteiger partial charge in [0.25, 0.3) is 5.91 Å². The Labute approximate surface area is 161 Å². The van der Waals surface area contributed by atoms with Gasteiger partial charge in [-0.2, -0.15) is 0 Å². The van der Waals surface area contributed by atoms with Crippen molar-refractivity contribution in [3.63, 3.8) is 0 Å². The average Bonchev–Trinajstić information content (AvgIpc) is 2.81. The molecule has 1 aliphatic rings. The molecule has 0 saturated carbocycles. The highest BCUT2D eigenvalue weighted by atomic mass is 79.9. The zero-order valence-corrected chi connectivity index (χ0v) is 16.1. The molecule has 25 heavy (non-hydrogen) atoms. The van der Waals surface area contributed by atoms with Gasteiger partial charge in [-0.15, -0.1) is 0 Å². The van der Waals surface area contributed by atoms with Gasteiger partial charge in [-0.1, -0.05) is 39.9 Å². The lowest BCUT2D eigenvalue weighted by Crippen LogP contribution is -2.33. The van der Waals surface area contributed by atoms with Crippen LogP contribution in [0, 0.1) is 0 Å². The molecule has 1 amide bonds. The summed E-state index contributed by atoms with van der Waals surface area (Å²) in [6.07, 6.45) is 1.54. The maximum Gasteiger partial charge on any atom is 0.341 e. The third kappa shape index (κ3) is 5.03. The van der Waals surface area contributed by atoms with E-state index in [2.05, 4.69) is 20.7 Å². The number of thioether (sulfide) groups is 1. The summed E-state index contributed by atoms with van der Waals surface area (Å²) in [6.45, 7) is -0.773. The average molecular weight is 446 g/mol. The number of hydrogen-bond donors (Lipinski definition) is 1. The molecule has 10 heteroatoms. The van der Waals surface area contributed by atoms with Crippen LogP contribution in [0.2, 0.25) is 0 Å². The zero-order valence-electron chi connectivity index (χ0n) is 12.9. The number of carboxylic acid groups (broad SMARTS) is 1. The Balaban J connectivity index is 2.29. The van der Waals surface area contributed by atoms with Crippen LogP contribution in [0.25, 0.3) is 6.08 Å². The molecule has 1 aromatic rings. The molecule has 1 heterocycles. The van der Waals surface area contributed by atoms with Crippen molar-refractivity contribution in [1.82, 2.24) is 4.90 Å². The summed E-state index contributed by atoms with van der Waals surface area (Å²) >= 11 is 9.48. The van der Waals surface area contributed by atoms with E-state index < -0.39 is 24.5 Å². The number of thiocarbonyl (C=S) groups is 1. The second-order valence-corrected chi connectivity index (χ2v) is 7.30. The summed E-state index contributed by atoms with van der Waals surface area (Å²) in [7, 11) is 1.23. The van der Waals surface area contributed by atoms with Crippen LogP contribution in [0.3, 0.4) is 0 Å². The van der Waals surface area contributed by atoms with Gasteiger partial charge in [0, 0.05) is 10.0 Å². The molecule has 1 N–H and O–H groups in total. The molecule has 0 radical (unpaired) electrons. The molecule has 0 spiro atoms. The molecule has 7 nitrogen and oxygen atoms in total. The van der Waals surface area contributed by atoms with Crippen LogP contribution in [0.5, 0.6) is 5.75 Å². The lowest BCUT2D eigenvalue weighted by molar-refractivity contribution is -0.143. The Hall–Kier alpha value is -1.91. The molecule has 1 fully saturated rings. The number of ether oxygens (including phenoxy) is 2. The molecule has 0 aliphatic carbocycles. The molecular formula is C15H12BrNO6S2. The van der Waals surface area contributed by atoms with E-state index in [9.17, 15) is 14.4 Å². The maximum absolute atomic E-state index is 12.4. The number of nitrogens with zero attached hydrogens (tertiary/aromatic N) is 1. The van der Waals surface area contributed by atoms with Crippen molar-refractivity contribution in [3.05, 3.63) is 33.1 Å². The first kappa shape index (κ1) is 19.4. The molecule has 2 rings (SSSR count). The lowest BCUT2D eigenvalue weighted by Gasteiger charge is -2.12. The van der Waals surface area contributed by atoms with Crippen molar-refractivity contribution >= 4 is 68.2 Å². The standard InChI is InChI=1S/C15H12BrNO6S2/c1-22-13(20)6-17-14(21)11(25-15(17)24)5-8-4-9(16)2-3-10(8)23-7-12(18)19/h2-5H,6-7H2,1H3,(H,18,19)/b11-5-. The van der Waals surface area contributed by atoms with Gasteiger partial charge in [0.1, 0.15) is 16.6 Å². The number of carbonyl (C=O) groups excluding carboxylic acids is 2. The van der Waals surface area contributed by atoms with Crippen LogP contribution >= 0.6 is 39.9 Å². The fourth-order valence-corrected chi connectivity index (χ4v) is 3.50. The van der Waals surface area contributed by atoms with E-state index in [-0.39, 0.29) is 10.9 Å². The Morgan fingerprint density at radius 1 is 1.44 bits per heavy atom. The molecule has 0 unspecified atom stereocenters. The van der Waals surface area contributed by atoms with E-state index in [1.165, 1.54) is 7.11 Å². The number of amides is 1. The largest absolute Gasteiger partial charge is 0.481 e. The first-order valence-electron chi connectivity index (χ1n) is 6.78. The lowest BCUT2D eigenvalue weighted by atomic mass is 10.2. The number of carbonyl (C=O) groups is 3. The predicted octanol–water partition coefficient (Wildman–Crippen LogP) is 2.29. The smallest absolute Gasteiger partial charge is 0.341 e. The molecular weight excluding hydrogens is 434 g/mol. The highest BCUT2D eigenvalue weighted by molar-refractivity contribution is 9.10. The van der Waals surface area contributed by atoms with Gasteiger partial charge in [-0.25, -0.2) is 4.79 Å². The number of hydrogen-bond acceptors (Lipinski definition) is 7. The van der Waals surface area contributed by atoms with Gasteiger partial charge in [0.15, 0.2) is 6.61 Å². The molecule has 132 valence electrons. The molecule has 1 aromatic carbocycles. The summed E-state index contributed by atoms with van der Waals surface area (Å²) in [5.41, 5.74) is 0.509. The summed E-state index contributed by atoms with van der Waals surface area (Å²) in [5, 5.41) is 8.75. The van der Waals surface area contributed by atoms with E-state index in [0.29, 0.717) is 16.2 Å². The summed E-state index contributed by atoms with van der Waals surface area (Å²) in [4.78, 5) is 35.9. The van der Waals surface area contributed by atoms with Gasteiger partial charge in [-0.3, -0.25) is 14.5 Å². The van der Waals surface area contributed by atoms with Crippen LogP contribution in [-0.2, 0) is 19.1 Å². The van der Waals surface area contributed by atoms with Crippen LogP contribution in [0.15, 0.2) is 27.6 Å². The summed E-state index contributed by atoms with van der Waals surface area (Å²) in [6, 6.07) is 4.97. The molecule has 0 atom stereocenters. The zero-order chi connectivity index (χ0) is 18.6. The van der Waals surface area contributed by atoms with Gasteiger partial charge in [0.2, 0.25) is 0 Å². The van der Waals surface area contributed by atoms with Crippen molar-refractivity contribution in [2.75, 3.05) is 20.3 Å². The minimum Gasteiger partial charge on any atom is -0.481 e. The molecule has 1 aliphatic heterocycles. The van der Waals surface area contributed by atoms with Crippen molar-refractivity contribution in [3.8, 4) is 5.75 Å². The number of aliphatic carboxylic acids is 1. The second-order valence-electron chi connectivity index (χ2n) is 4.71. The summed E-state index contributed by atoms with van der Waals surface area (Å²) in [5.74, 6) is -1.81. The van der Waals surface area contributed by atoms with Crippen molar-refractivity contribution in [1.29, 1.82) is 0 Å². The van der Waals surface area contributed by atoms with E-state index in [1.807, 2.05) is 0 Å². The molecule has 1 saturated heterocycles. The highest BCUT2D eigenvalue weighted by Crippen LogP contribution is 2.35. The van der Waals surface area contributed by atoms with Crippen molar-refractivity contribution < 1.29 is 29.0 Å². The highest BCUT2D eigenvalue weighted by Gasteiger charge is 2.33. The van der Waals surface area contributed by atoms with E-state index >= 15 is 0 Å². The number of benzene rings is 1. The SMILES string of the molecule is COC(=O)CN1C(=O)/C(=C/c2cc(Br)ccc2OCC(=O)O)SC1=S. The maximum atomic E-state index is 12.4. The minimum absolute atomic E-state index is 0.240. The predicted molar refractivity (Wildman–Crippen MR) is 99.2 cm³/mol.